The van der Waals surface area contributed by atoms with Crippen LogP contribution in [0.3, 0.4) is 0 Å². The molecule has 0 aromatic heterocycles. The van der Waals surface area contributed by atoms with E-state index in [1.165, 1.54) is 198 Å². The van der Waals surface area contributed by atoms with E-state index in [1.54, 1.807) is 0 Å². The Balaban J connectivity index is 0.000000145. The molecule has 0 spiro atoms. The van der Waals surface area contributed by atoms with E-state index in [0.717, 1.165) is 0 Å². The first kappa shape index (κ1) is 63.2. The standard InChI is InChI=1S/C54H36.C52H34/c1-4-15-37(16-5-1)41-21-14-22-43(31-41)53-49-23-10-12-25-51(49)54(52-26-13-11-24-50(52)53)44-30-28-40-27-29-42(32-45(40)33-44)48-35-46(38-17-6-2-7-18-38)34-47(36-48)39-19-8-3-9-20-39;1-2-12-35(13-3-1)40-16-10-17-42(32-40)51-47-19-6-8-21-49(47)52(50-22-9-7-20-48(50)51)43-31-27-37-26-30-41(33-44(37)34-43)36-24-28-39(29-25-36)46-23-11-15-38-14-4-5-18-45(38)46/h1-36H;1-34H. The van der Waals surface area contributed by atoms with Crippen molar-refractivity contribution in [1.29, 1.82) is 0 Å². The fraction of sp³-hybridized carbons (Fsp3) is 0. The summed E-state index contributed by atoms with van der Waals surface area (Å²) >= 11 is 0. The maximum Gasteiger partial charge on any atom is -0.00262 e. The molecule has 106 heavy (non-hydrogen) atoms. The lowest BCUT2D eigenvalue weighted by Gasteiger charge is -2.18. The van der Waals surface area contributed by atoms with Gasteiger partial charge in [-0.1, -0.05) is 370 Å². The molecule has 20 aromatic rings. The first-order valence-electron chi connectivity index (χ1n) is 36.7. The fourth-order valence-electron chi connectivity index (χ4n) is 16.3. The van der Waals surface area contributed by atoms with Crippen LogP contribution in [0.1, 0.15) is 0 Å². The lowest BCUT2D eigenvalue weighted by atomic mass is 9.85. The molecule has 0 radical (unpaired) electrons. The van der Waals surface area contributed by atoms with Gasteiger partial charge < -0.3 is 0 Å². The zero-order valence-corrected chi connectivity index (χ0v) is 58.4. The number of hydrogen-bond donors (Lipinski definition) is 0. The zero-order valence-electron chi connectivity index (χ0n) is 58.4. The van der Waals surface area contributed by atoms with Crippen molar-refractivity contribution >= 4 is 75.4 Å². The van der Waals surface area contributed by atoms with Gasteiger partial charge in [0.05, 0.1) is 0 Å². The molecule has 0 amide bonds. The summed E-state index contributed by atoms with van der Waals surface area (Å²) < 4.78 is 0. The van der Waals surface area contributed by atoms with Crippen molar-refractivity contribution in [3.63, 3.8) is 0 Å². The smallest absolute Gasteiger partial charge is 0.00262 e. The summed E-state index contributed by atoms with van der Waals surface area (Å²) in [5.41, 5.74) is 27.1. The molecule has 0 bridgehead atoms. The number of fused-ring (bicyclic) bond motifs is 7. The van der Waals surface area contributed by atoms with Gasteiger partial charge in [-0.05, 0) is 252 Å². The van der Waals surface area contributed by atoms with Crippen LogP contribution in [0.15, 0.2) is 425 Å². The van der Waals surface area contributed by atoms with Crippen LogP contribution in [-0.2, 0) is 0 Å². The van der Waals surface area contributed by atoms with Crippen molar-refractivity contribution in [3.05, 3.63) is 425 Å². The molecule has 0 atom stereocenters. The number of rotatable bonds is 11. The monoisotopic (exact) mass is 1340 g/mol. The average molecular weight is 1340 g/mol. The van der Waals surface area contributed by atoms with Gasteiger partial charge in [0, 0.05) is 0 Å². The van der Waals surface area contributed by atoms with Crippen LogP contribution < -0.4 is 0 Å². The molecule has 0 aliphatic carbocycles. The zero-order chi connectivity index (χ0) is 70.3. The van der Waals surface area contributed by atoms with Crippen LogP contribution in [0.2, 0.25) is 0 Å². The van der Waals surface area contributed by atoms with Gasteiger partial charge in [-0.2, -0.15) is 0 Å². The molecule has 0 heteroatoms. The number of benzene rings is 20. The molecule has 0 saturated carbocycles. The molecule has 494 valence electrons. The lowest BCUT2D eigenvalue weighted by Crippen LogP contribution is -1.91. The normalized spacial score (nSPS) is 11.4. The summed E-state index contributed by atoms with van der Waals surface area (Å²) in [6, 6.07) is 155. The summed E-state index contributed by atoms with van der Waals surface area (Å²) in [5.74, 6) is 0. The minimum atomic E-state index is 1.21. The van der Waals surface area contributed by atoms with Gasteiger partial charge in [0.15, 0.2) is 0 Å². The van der Waals surface area contributed by atoms with Crippen LogP contribution in [0.4, 0.5) is 0 Å². The Hall–Kier alpha value is -13.8. The van der Waals surface area contributed by atoms with Crippen molar-refractivity contribution in [2.45, 2.75) is 0 Å². The topological polar surface area (TPSA) is 0 Å². The highest BCUT2D eigenvalue weighted by Gasteiger charge is 2.21. The molecule has 0 heterocycles. The third kappa shape index (κ3) is 11.9. The second-order valence-corrected chi connectivity index (χ2v) is 27.8. The van der Waals surface area contributed by atoms with Gasteiger partial charge in [0.2, 0.25) is 0 Å². The SMILES string of the molecule is c1ccc(-c2cc(-c3ccccc3)cc(-c3ccc4ccc(-c5c6ccccc6c(-c6cccc(-c7ccccc7)c6)c6ccccc56)cc4c3)c2)cc1.c1ccc(-c2cccc(-c3c4ccccc4c(-c4ccc5ccc(-c6ccc(-c7cccc8ccccc78)cc6)cc5c4)c4ccccc34)c2)cc1. The average Bonchev–Trinajstić information content (AvgIpc) is 0.736. The van der Waals surface area contributed by atoms with Gasteiger partial charge in [-0.25, -0.2) is 0 Å². The maximum absolute atomic E-state index is 2.39. The molecule has 0 aliphatic rings. The maximum atomic E-state index is 2.39. The van der Waals surface area contributed by atoms with Gasteiger partial charge >= 0.3 is 0 Å². The van der Waals surface area contributed by atoms with Crippen LogP contribution in [-0.4, -0.2) is 0 Å². The van der Waals surface area contributed by atoms with E-state index >= 15 is 0 Å². The molecule has 0 fully saturated rings. The van der Waals surface area contributed by atoms with Crippen LogP contribution in [0.25, 0.3) is 198 Å². The molecule has 0 unspecified atom stereocenters. The second-order valence-electron chi connectivity index (χ2n) is 27.8. The lowest BCUT2D eigenvalue weighted by molar-refractivity contribution is 1.57. The van der Waals surface area contributed by atoms with Crippen molar-refractivity contribution in [2.24, 2.45) is 0 Å². The minimum absolute atomic E-state index is 1.21. The van der Waals surface area contributed by atoms with Crippen LogP contribution >= 0.6 is 0 Å². The Morgan fingerprint density at radius 2 is 0.311 bits per heavy atom. The summed E-state index contributed by atoms with van der Waals surface area (Å²) in [6.45, 7) is 0. The van der Waals surface area contributed by atoms with Gasteiger partial charge in [-0.3, -0.25) is 0 Å². The third-order valence-corrected chi connectivity index (χ3v) is 21.4. The van der Waals surface area contributed by atoms with Gasteiger partial charge in [0.1, 0.15) is 0 Å². The molecule has 0 aliphatic heterocycles. The number of hydrogen-bond acceptors (Lipinski definition) is 0. The van der Waals surface area contributed by atoms with Crippen LogP contribution in [0.5, 0.6) is 0 Å². The first-order valence-corrected chi connectivity index (χ1v) is 36.7. The first-order chi connectivity index (χ1) is 52.5. The van der Waals surface area contributed by atoms with E-state index in [-0.39, 0.29) is 0 Å². The fourth-order valence-corrected chi connectivity index (χ4v) is 16.3. The van der Waals surface area contributed by atoms with Crippen molar-refractivity contribution in [2.75, 3.05) is 0 Å². The summed E-state index contributed by atoms with van der Waals surface area (Å²) in [6.07, 6.45) is 0. The van der Waals surface area contributed by atoms with E-state index in [0.29, 0.717) is 0 Å². The third-order valence-electron chi connectivity index (χ3n) is 21.4. The highest BCUT2D eigenvalue weighted by molar-refractivity contribution is 6.23. The van der Waals surface area contributed by atoms with Gasteiger partial charge in [0.25, 0.3) is 0 Å². The molecular formula is C106H70. The molecule has 0 saturated heterocycles. The highest BCUT2D eigenvalue weighted by Crippen LogP contribution is 2.48. The largest absolute Gasteiger partial charge is 0.0622 e. The molecule has 0 nitrogen and oxygen atoms in total. The second kappa shape index (κ2) is 27.5. The summed E-state index contributed by atoms with van der Waals surface area (Å²) in [5, 5.41) is 17.6. The summed E-state index contributed by atoms with van der Waals surface area (Å²) in [7, 11) is 0. The Labute approximate surface area is 618 Å². The van der Waals surface area contributed by atoms with E-state index in [4.69, 9.17) is 0 Å². The van der Waals surface area contributed by atoms with Crippen molar-refractivity contribution in [1.82, 2.24) is 0 Å². The molecule has 0 N–H and O–H groups in total. The van der Waals surface area contributed by atoms with E-state index in [9.17, 15) is 0 Å². The summed E-state index contributed by atoms with van der Waals surface area (Å²) in [4.78, 5) is 0. The molecular weight excluding hydrogens is 1270 g/mol. The quantitative estimate of drug-likeness (QED) is 0.113. The Bertz CT molecular complexity index is 6530. The minimum Gasteiger partial charge on any atom is -0.0622 e. The Morgan fingerprint density at radius 1 is 0.0943 bits per heavy atom. The molecule has 20 rings (SSSR count). The van der Waals surface area contributed by atoms with E-state index < -0.39 is 0 Å². The van der Waals surface area contributed by atoms with E-state index in [2.05, 4.69) is 425 Å². The van der Waals surface area contributed by atoms with Crippen LogP contribution in [0, 0.1) is 0 Å². The predicted octanol–water partition coefficient (Wildman–Crippen LogP) is 29.8. The Kier molecular flexibility index (Phi) is 16.4. The van der Waals surface area contributed by atoms with Crippen molar-refractivity contribution in [3.8, 4) is 122 Å². The predicted molar refractivity (Wildman–Crippen MR) is 455 cm³/mol. The van der Waals surface area contributed by atoms with E-state index in [1.807, 2.05) is 0 Å². The highest BCUT2D eigenvalue weighted by atomic mass is 14.2. The molecule has 20 aromatic carbocycles. The van der Waals surface area contributed by atoms with Crippen molar-refractivity contribution < 1.29 is 0 Å². The van der Waals surface area contributed by atoms with Gasteiger partial charge in [-0.15, -0.1) is 0 Å². The Morgan fingerprint density at radius 3 is 0.698 bits per heavy atom.